The lowest BCUT2D eigenvalue weighted by atomic mass is 10.1. The van der Waals surface area contributed by atoms with Crippen molar-refractivity contribution in [2.45, 2.75) is 19.6 Å². The second kappa shape index (κ2) is 11.2. The van der Waals surface area contributed by atoms with Crippen LogP contribution in [0, 0.1) is 6.92 Å². The number of nitrogens with one attached hydrogen (secondary N) is 2. The maximum atomic E-state index is 12.2. The topological polar surface area (TPSA) is 89.1 Å². The number of ether oxygens (including phenoxy) is 3. The summed E-state index contributed by atoms with van der Waals surface area (Å²) in [4.78, 5) is 12.2. The number of carbonyl (C=O) groups is 1. The Morgan fingerprint density at radius 2 is 1.75 bits per heavy atom. The average molecular weight is 388 g/mol. The first-order chi connectivity index (χ1) is 13.6. The van der Waals surface area contributed by atoms with E-state index in [4.69, 9.17) is 19.3 Å². The quantitative estimate of drug-likeness (QED) is 0.582. The SMILES string of the molecule is COc1ccc(CNC(=O)NCC(OCCO)c2ccc(C)cc2)cc1OC. The minimum atomic E-state index is -0.334. The Morgan fingerprint density at radius 3 is 2.39 bits per heavy atom. The third-order valence-electron chi connectivity index (χ3n) is 4.21. The molecule has 0 spiro atoms. The van der Waals surface area contributed by atoms with Crippen molar-refractivity contribution in [2.75, 3.05) is 34.0 Å². The predicted octanol–water partition coefficient (Wildman–Crippen LogP) is 2.56. The van der Waals surface area contributed by atoms with Crippen LogP contribution in [0.2, 0.25) is 0 Å². The molecule has 3 N–H and O–H groups in total. The highest BCUT2D eigenvalue weighted by Crippen LogP contribution is 2.27. The third kappa shape index (κ3) is 6.44. The van der Waals surface area contributed by atoms with Crippen LogP contribution in [0.1, 0.15) is 22.8 Å². The zero-order chi connectivity index (χ0) is 20.4. The van der Waals surface area contributed by atoms with Gasteiger partial charge in [0, 0.05) is 13.1 Å². The van der Waals surface area contributed by atoms with E-state index in [1.54, 1.807) is 20.3 Å². The van der Waals surface area contributed by atoms with Crippen molar-refractivity contribution in [2.24, 2.45) is 0 Å². The molecule has 0 saturated heterocycles. The number of hydrogen-bond acceptors (Lipinski definition) is 5. The highest BCUT2D eigenvalue weighted by atomic mass is 16.5. The fourth-order valence-electron chi connectivity index (χ4n) is 2.67. The smallest absolute Gasteiger partial charge is 0.315 e. The van der Waals surface area contributed by atoms with Gasteiger partial charge in [0.05, 0.1) is 33.5 Å². The number of hydrogen-bond donors (Lipinski definition) is 3. The van der Waals surface area contributed by atoms with Gasteiger partial charge in [-0.2, -0.15) is 0 Å². The predicted molar refractivity (Wildman–Crippen MR) is 107 cm³/mol. The van der Waals surface area contributed by atoms with Crippen LogP contribution < -0.4 is 20.1 Å². The highest BCUT2D eigenvalue weighted by Gasteiger charge is 2.14. The van der Waals surface area contributed by atoms with E-state index < -0.39 is 0 Å². The lowest BCUT2D eigenvalue weighted by Gasteiger charge is -2.19. The molecule has 0 aliphatic carbocycles. The normalized spacial score (nSPS) is 11.6. The van der Waals surface area contributed by atoms with Crippen LogP contribution in [0.4, 0.5) is 4.79 Å². The minimum Gasteiger partial charge on any atom is -0.493 e. The van der Waals surface area contributed by atoms with E-state index in [-0.39, 0.29) is 25.3 Å². The van der Waals surface area contributed by atoms with E-state index >= 15 is 0 Å². The molecule has 2 aromatic carbocycles. The second-order valence-corrected chi connectivity index (χ2v) is 6.25. The summed E-state index contributed by atoms with van der Waals surface area (Å²) in [7, 11) is 3.14. The van der Waals surface area contributed by atoms with Crippen molar-refractivity contribution < 1.29 is 24.1 Å². The maximum absolute atomic E-state index is 12.2. The van der Waals surface area contributed by atoms with E-state index in [0.29, 0.717) is 24.6 Å². The number of urea groups is 1. The molecule has 2 amide bonds. The summed E-state index contributed by atoms with van der Waals surface area (Å²) in [6.45, 7) is 2.77. The van der Waals surface area contributed by atoms with E-state index in [2.05, 4.69) is 10.6 Å². The number of amides is 2. The van der Waals surface area contributed by atoms with Crippen molar-refractivity contribution in [1.29, 1.82) is 0 Å². The summed E-state index contributed by atoms with van der Waals surface area (Å²) in [5.41, 5.74) is 2.98. The Balaban J connectivity index is 1.89. The molecule has 0 radical (unpaired) electrons. The largest absolute Gasteiger partial charge is 0.493 e. The molecule has 0 aromatic heterocycles. The maximum Gasteiger partial charge on any atom is 0.315 e. The first-order valence-electron chi connectivity index (χ1n) is 9.09. The summed E-state index contributed by atoms with van der Waals surface area (Å²) in [6.07, 6.45) is -0.334. The van der Waals surface area contributed by atoms with Gasteiger partial charge in [0.1, 0.15) is 0 Å². The van der Waals surface area contributed by atoms with Gasteiger partial charge in [-0.05, 0) is 30.2 Å². The van der Waals surface area contributed by atoms with Gasteiger partial charge < -0.3 is 30.0 Å². The number of rotatable bonds is 10. The van der Waals surface area contributed by atoms with Crippen LogP contribution >= 0.6 is 0 Å². The molecule has 28 heavy (non-hydrogen) atoms. The van der Waals surface area contributed by atoms with E-state index in [9.17, 15) is 4.79 Å². The third-order valence-corrected chi connectivity index (χ3v) is 4.21. The van der Waals surface area contributed by atoms with Crippen LogP contribution in [0.15, 0.2) is 42.5 Å². The summed E-state index contributed by atoms with van der Waals surface area (Å²) in [5.74, 6) is 1.25. The van der Waals surface area contributed by atoms with Crippen molar-refractivity contribution in [1.82, 2.24) is 10.6 Å². The molecule has 0 bridgehead atoms. The van der Waals surface area contributed by atoms with Crippen LogP contribution in [0.25, 0.3) is 0 Å². The fraction of sp³-hybridized carbons (Fsp3) is 0.381. The molecule has 1 atom stereocenters. The summed E-state index contributed by atoms with van der Waals surface area (Å²) in [6, 6.07) is 13.1. The molecule has 0 saturated carbocycles. The lowest BCUT2D eigenvalue weighted by molar-refractivity contribution is 0.0294. The van der Waals surface area contributed by atoms with E-state index in [1.165, 1.54) is 0 Å². The molecule has 7 nitrogen and oxygen atoms in total. The van der Waals surface area contributed by atoms with Crippen LogP contribution in [-0.4, -0.2) is 45.1 Å². The lowest BCUT2D eigenvalue weighted by Crippen LogP contribution is -2.38. The minimum absolute atomic E-state index is 0.0755. The Morgan fingerprint density at radius 1 is 1.04 bits per heavy atom. The molecule has 0 aliphatic rings. The van der Waals surface area contributed by atoms with Gasteiger partial charge in [-0.3, -0.25) is 0 Å². The number of methoxy groups -OCH3 is 2. The summed E-state index contributed by atoms with van der Waals surface area (Å²) in [5, 5.41) is 14.7. The first kappa shape index (κ1) is 21.5. The standard InChI is InChI=1S/C21H28N2O5/c1-15-4-7-17(8-5-15)20(28-11-10-24)14-23-21(25)22-13-16-6-9-18(26-2)19(12-16)27-3/h4-9,12,20,24H,10-11,13-14H2,1-3H3,(H2,22,23,25). The number of carbonyl (C=O) groups excluding carboxylic acids is 1. The second-order valence-electron chi connectivity index (χ2n) is 6.25. The Bertz CT molecular complexity index is 749. The Kier molecular flexibility index (Phi) is 8.58. The first-order valence-corrected chi connectivity index (χ1v) is 9.09. The molecule has 0 heterocycles. The van der Waals surface area contributed by atoms with Crippen LogP contribution in [0.3, 0.4) is 0 Å². The Hall–Kier alpha value is -2.77. The monoisotopic (exact) mass is 388 g/mol. The summed E-state index contributed by atoms with van der Waals surface area (Å²) < 4.78 is 16.1. The molecular weight excluding hydrogens is 360 g/mol. The molecule has 0 aliphatic heterocycles. The van der Waals surface area contributed by atoms with Gasteiger partial charge >= 0.3 is 6.03 Å². The summed E-state index contributed by atoms with van der Waals surface area (Å²) >= 11 is 0. The molecular formula is C21H28N2O5. The van der Waals surface area contributed by atoms with Gasteiger partial charge in [0.25, 0.3) is 0 Å². The van der Waals surface area contributed by atoms with Gasteiger partial charge in [0.15, 0.2) is 11.5 Å². The van der Waals surface area contributed by atoms with Gasteiger partial charge in [-0.15, -0.1) is 0 Å². The number of aliphatic hydroxyl groups excluding tert-OH is 1. The molecule has 152 valence electrons. The van der Waals surface area contributed by atoms with Gasteiger partial charge in [0.2, 0.25) is 0 Å². The Labute approximate surface area is 165 Å². The van der Waals surface area contributed by atoms with Crippen molar-refractivity contribution in [3.8, 4) is 11.5 Å². The fourth-order valence-corrected chi connectivity index (χ4v) is 2.67. The zero-order valence-corrected chi connectivity index (χ0v) is 16.5. The number of aryl methyl sites for hydroxylation is 1. The zero-order valence-electron chi connectivity index (χ0n) is 16.5. The van der Waals surface area contributed by atoms with Crippen molar-refractivity contribution in [3.05, 3.63) is 59.2 Å². The molecule has 1 unspecified atom stereocenters. The van der Waals surface area contributed by atoms with E-state index in [0.717, 1.165) is 16.7 Å². The van der Waals surface area contributed by atoms with Crippen LogP contribution in [-0.2, 0) is 11.3 Å². The van der Waals surface area contributed by atoms with Crippen LogP contribution in [0.5, 0.6) is 11.5 Å². The van der Waals surface area contributed by atoms with Crippen molar-refractivity contribution in [3.63, 3.8) is 0 Å². The average Bonchev–Trinajstić information content (AvgIpc) is 2.72. The molecule has 0 fully saturated rings. The van der Waals surface area contributed by atoms with Gasteiger partial charge in [-0.1, -0.05) is 35.9 Å². The number of aliphatic hydroxyl groups is 1. The number of benzene rings is 2. The van der Waals surface area contributed by atoms with Gasteiger partial charge in [-0.25, -0.2) is 4.79 Å². The van der Waals surface area contributed by atoms with Crippen molar-refractivity contribution >= 4 is 6.03 Å². The molecule has 7 heteroatoms. The van der Waals surface area contributed by atoms with E-state index in [1.807, 2.05) is 43.3 Å². The molecule has 2 aromatic rings. The molecule has 2 rings (SSSR count). The highest BCUT2D eigenvalue weighted by molar-refractivity contribution is 5.73.